The first kappa shape index (κ1) is 10.3. The van der Waals surface area contributed by atoms with Crippen molar-refractivity contribution in [3.05, 3.63) is 19.6 Å². The maximum atomic E-state index is 10.9. The Hall–Kier alpha value is -0.670. The zero-order valence-corrected chi connectivity index (χ0v) is 6.58. The first-order valence-corrected chi connectivity index (χ1v) is 3.30. The quantitative estimate of drug-likeness (QED) is 0.568. The summed E-state index contributed by atoms with van der Waals surface area (Å²) in [6.45, 7) is 7.80. The van der Waals surface area contributed by atoms with Crippen LogP contribution in [0.25, 0.3) is 0 Å². The Kier molecular flexibility index (Phi) is 3.42. The lowest BCUT2D eigenvalue weighted by Gasteiger charge is -2.20. The molecule has 1 radical (unpaired) electrons. The Labute approximate surface area is 66.4 Å². The molecule has 0 fully saturated rings. The molecule has 0 saturated heterocycles. The second-order valence-corrected chi connectivity index (χ2v) is 2.70. The SMILES string of the molecule is [CH2]C(O)CC(C)(O)C(=O)C=C. The lowest BCUT2D eigenvalue weighted by molar-refractivity contribution is -0.132. The lowest BCUT2D eigenvalue weighted by atomic mass is 9.94. The Bertz CT molecular complexity index is 159. The van der Waals surface area contributed by atoms with Gasteiger partial charge in [0.15, 0.2) is 5.78 Å². The molecule has 0 saturated carbocycles. The van der Waals surface area contributed by atoms with Crippen LogP contribution in [0.4, 0.5) is 0 Å². The van der Waals surface area contributed by atoms with Crippen molar-refractivity contribution in [1.29, 1.82) is 0 Å². The molecule has 0 rings (SSSR count). The van der Waals surface area contributed by atoms with Crippen LogP contribution in [0.5, 0.6) is 0 Å². The highest BCUT2D eigenvalue weighted by Gasteiger charge is 2.28. The molecule has 0 amide bonds. The Morgan fingerprint density at radius 1 is 1.82 bits per heavy atom. The van der Waals surface area contributed by atoms with Gasteiger partial charge in [0, 0.05) is 6.42 Å². The van der Waals surface area contributed by atoms with Gasteiger partial charge >= 0.3 is 0 Å². The Balaban J connectivity index is 4.20. The Morgan fingerprint density at radius 2 is 2.27 bits per heavy atom. The highest BCUT2D eigenvalue weighted by Crippen LogP contribution is 2.13. The van der Waals surface area contributed by atoms with Crippen LogP contribution in [0, 0.1) is 6.92 Å². The fourth-order valence-corrected chi connectivity index (χ4v) is 0.779. The van der Waals surface area contributed by atoms with Crippen LogP contribution in [0.3, 0.4) is 0 Å². The molecule has 0 aliphatic carbocycles. The minimum Gasteiger partial charge on any atom is -0.393 e. The highest BCUT2D eigenvalue weighted by atomic mass is 16.3. The molecule has 3 nitrogen and oxygen atoms in total. The predicted octanol–water partition coefficient (Wildman–Crippen LogP) is 0.0776. The highest BCUT2D eigenvalue weighted by molar-refractivity contribution is 5.95. The molecule has 63 valence electrons. The number of aliphatic hydroxyl groups is 2. The summed E-state index contributed by atoms with van der Waals surface area (Å²) in [5.41, 5.74) is -1.54. The molecule has 2 atom stereocenters. The molecule has 0 aromatic carbocycles. The number of aliphatic hydroxyl groups excluding tert-OH is 1. The molecule has 11 heavy (non-hydrogen) atoms. The molecular formula is C8H13O3. The van der Waals surface area contributed by atoms with E-state index in [1.807, 2.05) is 0 Å². The normalized spacial score (nSPS) is 18.5. The topological polar surface area (TPSA) is 57.5 Å². The maximum absolute atomic E-state index is 10.9. The van der Waals surface area contributed by atoms with Crippen molar-refractivity contribution >= 4 is 5.78 Å². The smallest absolute Gasteiger partial charge is 0.186 e. The van der Waals surface area contributed by atoms with Crippen LogP contribution in [0.2, 0.25) is 0 Å². The van der Waals surface area contributed by atoms with E-state index >= 15 is 0 Å². The minimum absolute atomic E-state index is 0.0716. The summed E-state index contributed by atoms with van der Waals surface area (Å²) in [5.74, 6) is -0.500. The number of ketones is 1. The summed E-state index contributed by atoms with van der Waals surface area (Å²) in [6.07, 6.45) is 0.0224. The molecule has 0 aliphatic rings. The summed E-state index contributed by atoms with van der Waals surface area (Å²) < 4.78 is 0. The maximum Gasteiger partial charge on any atom is 0.186 e. The van der Waals surface area contributed by atoms with Gasteiger partial charge in [0.1, 0.15) is 5.60 Å². The second-order valence-electron chi connectivity index (χ2n) is 2.70. The van der Waals surface area contributed by atoms with E-state index in [0.29, 0.717) is 0 Å². The average molecular weight is 157 g/mol. The largest absolute Gasteiger partial charge is 0.393 e. The fraction of sp³-hybridized carbons (Fsp3) is 0.500. The van der Waals surface area contributed by atoms with E-state index in [1.165, 1.54) is 6.92 Å². The van der Waals surface area contributed by atoms with Crippen LogP contribution in [-0.4, -0.2) is 27.7 Å². The van der Waals surface area contributed by atoms with Crippen LogP contribution in [0.15, 0.2) is 12.7 Å². The van der Waals surface area contributed by atoms with E-state index in [9.17, 15) is 9.90 Å². The summed E-state index contributed by atoms with van der Waals surface area (Å²) in [6, 6.07) is 0. The van der Waals surface area contributed by atoms with E-state index in [2.05, 4.69) is 13.5 Å². The summed E-state index contributed by atoms with van der Waals surface area (Å²) in [7, 11) is 0. The van der Waals surface area contributed by atoms with Crippen molar-refractivity contribution in [2.75, 3.05) is 0 Å². The molecule has 0 aromatic heterocycles. The van der Waals surface area contributed by atoms with Crippen LogP contribution in [0.1, 0.15) is 13.3 Å². The Morgan fingerprint density at radius 3 is 2.55 bits per heavy atom. The molecule has 0 bridgehead atoms. The molecule has 2 N–H and O–H groups in total. The average Bonchev–Trinajstić information content (AvgIpc) is 1.83. The molecule has 2 unspecified atom stereocenters. The second kappa shape index (κ2) is 3.64. The van der Waals surface area contributed by atoms with Crippen LogP contribution < -0.4 is 0 Å². The number of hydrogen-bond acceptors (Lipinski definition) is 3. The van der Waals surface area contributed by atoms with Crippen molar-refractivity contribution in [3.63, 3.8) is 0 Å². The van der Waals surface area contributed by atoms with Gasteiger partial charge in [-0.15, -0.1) is 0 Å². The summed E-state index contributed by atoms with van der Waals surface area (Å²) >= 11 is 0. The van der Waals surface area contributed by atoms with E-state index in [0.717, 1.165) is 6.08 Å². The molecule has 3 heteroatoms. The fourth-order valence-electron chi connectivity index (χ4n) is 0.779. The molecule has 0 heterocycles. The summed E-state index contributed by atoms with van der Waals surface area (Å²) in [5, 5.41) is 18.1. The van der Waals surface area contributed by atoms with Crippen molar-refractivity contribution < 1.29 is 15.0 Å². The standard InChI is InChI=1S/C8H13O3/c1-4-7(10)8(3,11)5-6(2)9/h4,6,9,11H,1-2,5H2,3H3. The van der Waals surface area contributed by atoms with Gasteiger partial charge in [-0.3, -0.25) is 4.79 Å². The lowest BCUT2D eigenvalue weighted by Crippen LogP contribution is -2.36. The van der Waals surface area contributed by atoms with Crippen LogP contribution in [-0.2, 0) is 4.79 Å². The van der Waals surface area contributed by atoms with Crippen molar-refractivity contribution in [2.24, 2.45) is 0 Å². The zero-order valence-electron chi connectivity index (χ0n) is 6.58. The van der Waals surface area contributed by atoms with E-state index in [4.69, 9.17) is 5.11 Å². The van der Waals surface area contributed by atoms with Crippen molar-refractivity contribution in [1.82, 2.24) is 0 Å². The monoisotopic (exact) mass is 157 g/mol. The zero-order chi connectivity index (χ0) is 9.07. The van der Waals surface area contributed by atoms with Gasteiger partial charge in [-0.2, -0.15) is 0 Å². The number of rotatable bonds is 4. The van der Waals surface area contributed by atoms with Gasteiger partial charge in [-0.1, -0.05) is 6.58 Å². The first-order valence-electron chi connectivity index (χ1n) is 3.30. The molecule has 0 aliphatic heterocycles. The number of hydrogen-bond donors (Lipinski definition) is 2. The van der Waals surface area contributed by atoms with Gasteiger partial charge in [0.2, 0.25) is 0 Å². The molecule has 0 spiro atoms. The number of carbonyl (C=O) groups is 1. The van der Waals surface area contributed by atoms with E-state index < -0.39 is 17.5 Å². The third-order valence-electron chi connectivity index (χ3n) is 1.35. The number of carbonyl (C=O) groups excluding carboxylic acids is 1. The van der Waals surface area contributed by atoms with Crippen molar-refractivity contribution in [2.45, 2.75) is 25.0 Å². The summed E-state index contributed by atoms with van der Waals surface area (Å²) in [4.78, 5) is 10.9. The minimum atomic E-state index is -1.54. The van der Waals surface area contributed by atoms with E-state index in [1.54, 1.807) is 0 Å². The third-order valence-corrected chi connectivity index (χ3v) is 1.35. The van der Waals surface area contributed by atoms with Gasteiger partial charge in [-0.05, 0) is 19.9 Å². The van der Waals surface area contributed by atoms with E-state index in [-0.39, 0.29) is 6.42 Å². The molecular weight excluding hydrogens is 144 g/mol. The molecule has 0 aromatic rings. The van der Waals surface area contributed by atoms with Crippen LogP contribution >= 0.6 is 0 Å². The van der Waals surface area contributed by atoms with Gasteiger partial charge in [0.05, 0.1) is 6.10 Å². The van der Waals surface area contributed by atoms with Gasteiger partial charge < -0.3 is 10.2 Å². The van der Waals surface area contributed by atoms with Gasteiger partial charge in [0.25, 0.3) is 0 Å². The third kappa shape index (κ3) is 3.30. The van der Waals surface area contributed by atoms with Gasteiger partial charge in [-0.25, -0.2) is 0 Å². The van der Waals surface area contributed by atoms with Crippen molar-refractivity contribution in [3.8, 4) is 0 Å². The first-order chi connectivity index (χ1) is 4.90. The predicted molar refractivity (Wildman–Crippen MR) is 41.8 cm³/mol.